The number of nitrogens with one attached hydrogen (secondary N) is 2. The smallest absolute Gasteiger partial charge is 0.234 e. The van der Waals surface area contributed by atoms with E-state index < -0.39 is 0 Å². The van der Waals surface area contributed by atoms with Crippen LogP contribution in [0.1, 0.15) is 56.0 Å². The minimum Gasteiger partial charge on any atom is -0.394 e. The number of aromatic nitrogens is 1. The summed E-state index contributed by atoms with van der Waals surface area (Å²) in [5.41, 5.74) is 1.34. The van der Waals surface area contributed by atoms with Crippen molar-refractivity contribution < 1.29 is 14.4 Å². The average Bonchev–Trinajstić information content (AvgIpc) is 2.90. The van der Waals surface area contributed by atoms with Crippen LogP contribution in [0, 0.1) is 19.8 Å². The lowest BCUT2D eigenvalue weighted by Crippen LogP contribution is -2.55. The molecule has 23 heavy (non-hydrogen) atoms. The molecule has 3 N–H and O–H groups in total. The molecule has 1 unspecified atom stereocenters. The summed E-state index contributed by atoms with van der Waals surface area (Å²) in [4.78, 5) is 12.1. The molecule has 0 spiro atoms. The monoisotopic (exact) mass is 323 g/mol. The van der Waals surface area contributed by atoms with E-state index in [0.717, 1.165) is 29.9 Å². The van der Waals surface area contributed by atoms with Crippen LogP contribution in [0.15, 0.2) is 4.52 Å². The number of carbonyl (C=O) groups excluding carboxylic acids is 1. The van der Waals surface area contributed by atoms with Gasteiger partial charge < -0.3 is 20.3 Å². The zero-order chi connectivity index (χ0) is 16.9. The molecule has 0 bridgehead atoms. The van der Waals surface area contributed by atoms with E-state index in [1.54, 1.807) is 0 Å². The zero-order valence-corrected chi connectivity index (χ0v) is 14.4. The second-order valence-electron chi connectivity index (χ2n) is 6.84. The van der Waals surface area contributed by atoms with Crippen molar-refractivity contribution in [2.75, 3.05) is 13.2 Å². The van der Waals surface area contributed by atoms with Crippen LogP contribution in [-0.2, 0) is 11.3 Å². The molecule has 130 valence electrons. The Hall–Kier alpha value is -1.40. The first-order valence-corrected chi connectivity index (χ1v) is 8.50. The Morgan fingerprint density at radius 2 is 2.04 bits per heavy atom. The molecule has 0 aromatic carbocycles. The molecule has 1 aliphatic rings. The Balaban J connectivity index is 1.82. The molecule has 0 radical (unpaired) electrons. The van der Waals surface area contributed by atoms with E-state index in [1.165, 1.54) is 19.3 Å². The highest BCUT2D eigenvalue weighted by molar-refractivity contribution is 5.78. The fraction of sp³-hybridized carbons (Fsp3) is 0.765. The van der Waals surface area contributed by atoms with Gasteiger partial charge in [0.05, 0.1) is 18.8 Å². The largest absolute Gasteiger partial charge is 0.394 e. The van der Waals surface area contributed by atoms with Crippen LogP contribution in [0.2, 0.25) is 0 Å². The molecule has 6 heteroatoms. The molecule has 1 heterocycles. The molecule has 1 amide bonds. The van der Waals surface area contributed by atoms with Crippen molar-refractivity contribution >= 4 is 5.91 Å². The molecule has 0 aliphatic heterocycles. The Bertz CT molecular complexity index is 504. The molecule has 1 saturated carbocycles. The van der Waals surface area contributed by atoms with Crippen LogP contribution < -0.4 is 10.6 Å². The highest BCUT2D eigenvalue weighted by atomic mass is 16.5. The van der Waals surface area contributed by atoms with Crippen molar-refractivity contribution in [2.24, 2.45) is 5.92 Å². The van der Waals surface area contributed by atoms with Gasteiger partial charge in [-0.15, -0.1) is 0 Å². The van der Waals surface area contributed by atoms with Crippen molar-refractivity contribution in [3.05, 3.63) is 17.0 Å². The maximum absolute atomic E-state index is 12.1. The zero-order valence-electron chi connectivity index (χ0n) is 14.4. The quantitative estimate of drug-likeness (QED) is 0.712. The first-order valence-electron chi connectivity index (χ1n) is 8.50. The summed E-state index contributed by atoms with van der Waals surface area (Å²) in [6.07, 6.45) is 5.92. The van der Waals surface area contributed by atoms with Crippen LogP contribution in [0.5, 0.6) is 0 Å². The molecule has 6 nitrogen and oxygen atoms in total. The van der Waals surface area contributed by atoms with Gasteiger partial charge in [-0.05, 0) is 39.5 Å². The minimum absolute atomic E-state index is 0.0504. The molecular weight excluding hydrogens is 294 g/mol. The third-order valence-electron chi connectivity index (χ3n) is 5.13. The Labute approximate surface area is 138 Å². The van der Waals surface area contributed by atoms with Gasteiger partial charge in [0.15, 0.2) is 0 Å². The predicted octanol–water partition coefficient (Wildman–Crippen LogP) is 1.83. The predicted molar refractivity (Wildman–Crippen MR) is 87.9 cm³/mol. The standard InChI is InChI=1S/C17H29N3O3/c1-12-15(13(2)23-20-12)9-18-16(22)10-19-17(3,11-21)14-7-5-4-6-8-14/h14,19,21H,4-11H2,1-3H3,(H,18,22). The molecule has 1 aliphatic carbocycles. The average molecular weight is 323 g/mol. The van der Waals surface area contributed by atoms with E-state index in [2.05, 4.69) is 15.8 Å². The maximum atomic E-state index is 12.1. The summed E-state index contributed by atoms with van der Waals surface area (Å²) >= 11 is 0. The number of nitrogens with zero attached hydrogens (tertiary/aromatic N) is 1. The second-order valence-corrected chi connectivity index (χ2v) is 6.84. The van der Waals surface area contributed by atoms with Crippen LogP contribution in [-0.4, -0.2) is 34.9 Å². The number of hydrogen-bond acceptors (Lipinski definition) is 5. The van der Waals surface area contributed by atoms with Crippen molar-refractivity contribution in [1.29, 1.82) is 0 Å². The Morgan fingerprint density at radius 3 is 2.61 bits per heavy atom. The molecule has 1 aromatic heterocycles. The highest BCUT2D eigenvalue weighted by Crippen LogP contribution is 2.32. The number of aliphatic hydroxyl groups excluding tert-OH is 1. The first kappa shape index (κ1) is 17.9. The van der Waals surface area contributed by atoms with Gasteiger partial charge in [0, 0.05) is 17.6 Å². The van der Waals surface area contributed by atoms with Crippen molar-refractivity contribution in [3.8, 4) is 0 Å². The van der Waals surface area contributed by atoms with E-state index in [4.69, 9.17) is 4.52 Å². The number of hydrogen-bond donors (Lipinski definition) is 3. The van der Waals surface area contributed by atoms with Gasteiger partial charge in [-0.1, -0.05) is 24.4 Å². The van der Waals surface area contributed by atoms with Gasteiger partial charge in [-0.25, -0.2) is 0 Å². The number of aliphatic hydroxyl groups is 1. The normalized spacial score (nSPS) is 18.6. The first-order chi connectivity index (χ1) is 11.0. The van der Waals surface area contributed by atoms with Gasteiger partial charge in [-0.2, -0.15) is 0 Å². The minimum atomic E-state index is -0.388. The fourth-order valence-corrected chi connectivity index (χ4v) is 3.36. The van der Waals surface area contributed by atoms with E-state index in [-0.39, 0.29) is 24.6 Å². The van der Waals surface area contributed by atoms with E-state index >= 15 is 0 Å². The van der Waals surface area contributed by atoms with E-state index in [9.17, 15) is 9.90 Å². The van der Waals surface area contributed by atoms with Crippen LogP contribution in [0.25, 0.3) is 0 Å². The van der Waals surface area contributed by atoms with Gasteiger partial charge in [-0.3, -0.25) is 4.79 Å². The lowest BCUT2D eigenvalue weighted by molar-refractivity contribution is -0.121. The molecule has 1 aromatic rings. The Morgan fingerprint density at radius 1 is 1.35 bits per heavy atom. The molecular formula is C17H29N3O3. The van der Waals surface area contributed by atoms with Crippen LogP contribution >= 0.6 is 0 Å². The summed E-state index contributed by atoms with van der Waals surface area (Å²) in [6, 6.07) is 0. The van der Waals surface area contributed by atoms with Gasteiger partial charge in [0.2, 0.25) is 5.91 Å². The van der Waals surface area contributed by atoms with Gasteiger partial charge >= 0.3 is 0 Å². The summed E-state index contributed by atoms with van der Waals surface area (Å²) in [5, 5.41) is 19.8. The highest BCUT2D eigenvalue weighted by Gasteiger charge is 2.34. The topological polar surface area (TPSA) is 87.4 Å². The number of carbonyl (C=O) groups is 1. The molecule has 1 atom stereocenters. The van der Waals surface area contributed by atoms with E-state index in [1.807, 2.05) is 20.8 Å². The molecule has 2 rings (SSSR count). The summed E-state index contributed by atoms with van der Waals surface area (Å²) in [7, 11) is 0. The van der Waals surface area contributed by atoms with E-state index in [0.29, 0.717) is 12.5 Å². The van der Waals surface area contributed by atoms with Crippen LogP contribution in [0.3, 0.4) is 0 Å². The van der Waals surface area contributed by atoms with Crippen molar-refractivity contribution in [3.63, 3.8) is 0 Å². The molecule has 0 saturated heterocycles. The second kappa shape index (κ2) is 7.93. The number of amides is 1. The van der Waals surface area contributed by atoms with Crippen LogP contribution in [0.4, 0.5) is 0 Å². The number of aryl methyl sites for hydroxylation is 2. The third-order valence-corrected chi connectivity index (χ3v) is 5.13. The summed E-state index contributed by atoms with van der Waals surface area (Å²) < 4.78 is 5.09. The van der Waals surface area contributed by atoms with Gasteiger partial charge in [0.1, 0.15) is 5.76 Å². The lowest BCUT2D eigenvalue weighted by Gasteiger charge is -2.39. The fourth-order valence-electron chi connectivity index (χ4n) is 3.36. The molecule has 1 fully saturated rings. The lowest BCUT2D eigenvalue weighted by atomic mass is 9.76. The summed E-state index contributed by atoms with van der Waals surface area (Å²) in [5.74, 6) is 1.08. The van der Waals surface area contributed by atoms with Gasteiger partial charge in [0.25, 0.3) is 0 Å². The number of rotatable bonds is 7. The SMILES string of the molecule is Cc1noc(C)c1CNC(=O)CNC(C)(CO)C1CCCCC1. The summed E-state index contributed by atoms with van der Waals surface area (Å²) in [6.45, 7) is 6.39. The van der Waals surface area contributed by atoms with Crippen molar-refractivity contribution in [2.45, 2.75) is 65.0 Å². The third kappa shape index (κ3) is 4.54. The maximum Gasteiger partial charge on any atom is 0.234 e. The Kier molecular flexibility index (Phi) is 6.18. The van der Waals surface area contributed by atoms with Crippen molar-refractivity contribution in [1.82, 2.24) is 15.8 Å².